The third-order valence-corrected chi connectivity index (χ3v) is 5.93. The van der Waals surface area contributed by atoms with Gasteiger partial charge in [0, 0.05) is 41.8 Å². The van der Waals surface area contributed by atoms with Crippen molar-refractivity contribution >= 4 is 22.4 Å². The Hall–Kier alpha value is -4.80. The first-order valence-electron chi connectivity index (χ1n) is 10.8. The minimum absolute atomic E-state index is 0.000502. The molecular formula is C24H17FN6O4. The summed E-state index contributed by atoms with van der Waals surface area (Å²) in [5.41, 5.74) is 6.08. The predicted octanol–water partition coefficient (Wildman–Crippen LogP) is 3.43. The number of anilines is 1. The molecule has 0 aliphatic heterocycles. The van der Waals surface area contributed by atoms with Crippen molar-refractivity contribution in [1.82, 2.24) is 24.7 Å². The number of carbonyl (C=O) groups is 1. The van der Waals surface area contributed by atoms with Gasteiger partial charge in [-0.05, 0) is 37.1 Å². The molecule has 0 amide bonds. The molecule has 1 aliphatic rings. The fourth-order valence-corrected chi connectivity index (χ4v) is 4.04. The number of aromatic nitrogens is 5. The average Bonchev–Trinajstić information content (AvgIpc) is 3.31. The van der Waals surface area contributed by atoms with Gasteiger partial charge in [0.25, 0.3) is 11.8 Å². The number of phenols is 1. The van der Waals surface area contributed by atoms with E-state index in [2.05, 4.69) is 20.2 Å². The fraction of sp³-hybridized carbons (Fsp3) is 0.125. The molecule has 0 unspecified atom stereocenters. The van der Waals surface area contributed by atoms with E-state index in [1.807, 2.05) is 4.57 Å². The molecule has 0 spiro atoms. The predicted molar refractivity (Wildman–Crippen MR) is 123 cm³/mol. The van der Waals surface area contributed by atoms with Gasteiger partial charge in [0.15, 0.2) is 5.82 Å². The summed E-state index contributed by atoms with van der Waals surface area (Å²) in [7, 11) is 0. The number of nitrogens with zero attached hydrogens (tertiary/aromatic N) is 4. The number of imidazole rings is 1. The molecule has 3 heterocycles. The Balaban J connectivity index is 1.51. The number of benzene rings is 2. The lowest BCUT2D eigenvalue weighted by Crippen LogP contribution is -2.14. The zero-order valence-corrected chi connectivity index (χ0v) is 18.0. The first-order chi connectivity index (χ1) is 16.9. The quantitative estimate of drug-likeness (QED) is 0.260. The lowest BCUT2D eigenvalue weighted by atomic mass is 10.0. The van der Waals surface area contributed by atoms with Crippen molar-refractivity contribution in [2.24, 2.45) is 0 Å². The van der Waals surface area contributed by atoms with E-state index in [-0.39, 0.29) is 51.5 Å². The van der Waals surface area contributed by atoms with Crippen LogP contribution >= 0.6 is 0 Å². The van der Waals surface area contributed by atoms with Gasteiger partial charge in [0.2, 0.25) is 11.2 Å². The molecule has 4 N–H and O–H groups in total. The summed E-state index contributed by atoms with van der Waals surface area (Å²) < 4.78 is 22.6. The van der Waals surface area contributed by atoms with E-state index < -0.39 is 17.0 Å². The van der Waals surface area contributed by atoms with Gasteiger partial charge in [0.1, 0.15) is 17.1 Å². The van der Waals surface area contributed by atoms with Crippen LogP contribution in [0.5, 0.6) is 5.75 Å². The van der Waals surface area contributed by atoms with Crippen LogP contribution in [0.25, 0.3) is 33.8 Å². The summed E-state index contributed by atoms with van der Waals surface area (Å²) in [4.78, 5) is 32.7. The van der Waals surface area contributed by atoms with Crippen LogP contribution < -0.4 is 11.2 Å². The first-order valence-corrected chi connectivity index (χ1v) is 10.8. The molecule has 2 aromatic carbocycles. The zero-order chi connectivity index (χ0) is 24.3. The number of fused-ring (bicyclic) bond motifs is 1. The van der Waals surface area contributed by atoms with Crippen LogP contribution in [0.1, 0.15) is 35.1 Å². The Morgan fingerprint density at radius 2 is 1.94 bits per heavy atom. The SMILES string of the molecule is Nc1ccc(-c2nnc(-c3cn(C4CC4)c4cc(C(=O)c5ncc[nH]5)c(F)cc4c3=O)o2)c(O)c1. The van der Waals surface area contributed by atoms with Crippen LogP contribution in [0.2, 0.25) is 0 Å². The molecule has 35 heavy (non-hydrogen) atoms. The number of nitrogens with two attached hydrogens (primary N) is 1. The number of carbonyl (C=O) groups excluding carboxylic acids is 1. The van der Waals surface area contributed by atoms with Gasteiger partial charge in [-0.3, -0.25) is 9.59 Å². The number of aromatic hydroxyl groups is 1. The van der Waals surface area contributed by atoms with E-state index in [1.165, 1.54) is 30.6 Å². The maximum Gasteiger partial charge on any atom is 0.253 e. The number of aromatic amines is 1. The molecule has 0 saturated heterocycles. The minimum Gasteiger partial charge on any atom is -0.507 e. The molecule has 174 valence electrons. The molecule has 1 saturated carbocycles. The average molecular weight is 472 g/mol. The maximum absolute atomic E-state index is 15.0. The molecule has 6 rings (SSSR count). The van der Waals surface area contributed by atoms with Gasteiger partial charge in [-0.2, -0.15) is 0 Å². The Kier molecular flexibility index (Phi) is 4.53. The highest BCUT2D eigenvalue weighted by molar-refractivity contribution is 6.08. The van der Waals surface area contributed by atoms with Crippen molar-refractivity contribution < 1.29 is 18.7 Å². The highest BCUT2D eigenvalue weighted by Crippen LogP contribution is 2.38. The van der Waals surface area contributed by atoms with E-state index >= 15 is 4.39 Å². The van der Waals surface area contributed by atoms with Crippen LogP contribution in [0.4, 0.5) is 10.1 Å². The van der Waals surface area contributed by atoms with Crippen molar-refractivity contribution in [2.75, 3.05) is 5.73 Å². The van der Waals surface area contributed by atoms with E-state index in [0.717, 1.165) is 18.9 Å². The molecule has 0 radical (unpaired) electrons. The summed E-state index contributed by atoms with van der Waals surface area (Å²) in [6.07, 6.45) is 6.19. The smallest absolute Gasteiger partial charge is 0.253 e. The number of H-pyrrole nitrogens is 1. The number of hydrogen-bond donors (Lipinski definition) is 3. The molecule has 3 aromatic heterocycles. The standard InChI is InChI=1S/C24H17FN6O4/c25-17-8-15-18(9-14(17)21(34)22-27-5-6-28-22)31(12-2-3-12)10-16(20(15)33)24-30-29-23(35-24)13-4-1-11(26)7-19(13)32/h1,4-10,12,32H,2-3,26H2,(H,27,28). The number of pyridine rings is 1. The summed E-state index contributed by atoms with van der Waals surface area (Å²) in [5.74, 6) is -1.67. The fourth-order valence-electron chi connectivity index (χ4n) is 4.04. The van der Waals surface area contributed by atoms with Gasteiger partial charge in [-0.25, -0.2) is 9.37 Å². The normalized spacial score (nSPS) is 13.4. The number of phenolic OH excluding ortho intramolecular Hbond substituents is 1. The summed E-state index contributed by atoms with van der Waals surface area (Å²) in [6, 6.07) is 6.96. The molecule has 1 fully saturated rings. The summed E-state index contributed by atoms with van der Waals surface area (Å²) >= 11 is 0. The zero-order valence-electron chi connectivity index (χ0n) is 18.0. The topological polar surface area (TPSA) is 153 Å². The Morgan fingerprint density at radius 1 is 1.17 bits per heavy atom. The maximum atomic E-state index is 15.0. The third kappa shape index (κ3) is 3.44. The molecule has 10 nitrogen and oxygen atoms in total. The number of ketones is 1. The van der Waals surface area contributed by atoms with Crippen LogP contribution in [0.15, 0.2) is 58.1 Å². The van der Waals surface area contributed by atoms with Crippen molar-refractivity contribution in [3.8, 4) is 28.7 Å². The van der Waals surface area contributed by atoms with E-state index in [0.29, 0.717) is 11.2 Å². The molecule has 5 aromatic rings. The summed E-state index contributed by atoms with van der Waals surface area (Å²) in [6.45, 7) is 0. The van der Waals surface area contributed by atoms with E-state index in [1.54, 1.807) is 12.3 Å². The van der Waals surface area contributed by atoms with Gasteiger partial charge in [-0.15, -0.1) is 10.2 Å². The van der Waals surface area contributed by atoms with Gasteiger partial charge in [0.05, 0.1) is 16.6 Å². The highest BCUT2D eigenvalue weighted by Gasteiger charge is 2.29. The monoisotopic (exact) mass is 472 g/mol. The van der Waals surface area contributed by atoms with Crippen LogP contribution in [-0.2, 0) is 0 Å². The molecular weight excluding hydrogens is 455 g/mol. The van der Waals surface area contributed by atoms with E-state index in [9.17, 15) is 14.7 Å². The van der Waals surface area contributed by atoms with Crippen LogP contribution in [0.3, 0.4) is 0 Å². The lowest BCUT2D eigenvalue weighted by molar-refractivity contribution is 0.102. The second-order valence-electron chi connectivity index (χ2n) is 8.32. The highest BCUT2D eigenvalue weighted by atomic mass is 19.1. The molecule has 0 bridgehead atoms. The molecule has 11 heteroatoms. The Morgan fingerprint density at radius 3 is 2.63 bits per heavy atom. The minimum atomic E-state index is -0.839. The van der Waals surface area contributed by atoms with Crippen molar-refractivity contribution in [2.45, 2.75) is 18.9 Å². The van der Waals surface area contributed by atoms with Crippen LogP contribution in [0, 0.1) is 5.82 Å². The second kappa shape index (κ2) is 7.62. The van der Waals surface area contributed by atoms with Gasteiger partial charge >= 0.3 is 0 Å². The number of halogens is 1. The number of nitrogen functional groups attached to an aromatic ring is 1. The van der Waals surface area contributed by atoms with Crippen molar-refractivity contribution in [1.29, 1.82) is 0 Å². The van der Waals surface area contributed by atoms with Gasteiger partial charge in [-0.1, -0.05) is 0 Å². The third-order valence-electron chi connectivity index (χ3n) is 5.93. The Labute approximate surface area is 195 Å². The lowest BCUT2D eigenvalue weighted by Gasteiger charge is -2.13. The molecule has 0 atom stereocenters. The molecule has 1 aliphatic carbocycles. The summed E-state index contributed by atoms with van der Waals surface area (Å²) in [5, 5.41) is 18.2. The van der Waals surface area contributed by atoms with Crippen molar-refractivity contribution in [3.63, 3.8) is 0 Å². The largest absolute Gasteiger partial charge is 0.507 e. The van der Waals surface area contributed by atoms with Crippen LogP contribution in [-0.4, -0.2) is 35.6 Å². The number of hydrogen-bond acceptors (Lipinski definition) is 8. The Bertz CT molecular complexity index is 1680. The first kappa shape index (κ1) is 20.8. The second-order valence-corrected chi connectivity index (χ2v) is 8.32. The number of nitrogens with one attached hydrogen (secondary N) is 1. The van der Waals surface area contributed by atoms with Gasteiger partial charge < -0.3 is 24.8 Å². The van der Waals surface area contributed by atoms with Crippen molar-refractivity contribution in [3.05, 3.63) is 76.4 Å². The van der Waals surface area contributed by atoms with E-state index in [4.69, 9.17) is 10.2 Å². The number of rotatable bonds is 5.